The molecule has 90 valence electrons. The van der Waals surface area contributed by atoms with Crippen LogP contribution in [0.5, 0.6) is 0 Å². The van der Waals surface area contributed by atoms with Crippen molar-refractivity contribution in [1.82, 2.24) is 0 Å². The van der Waals surface area contributed by atoms with Crippen molar-refractivity contribution in [3.63, 3.8) is 0 Å². The van der Waals surface area contributed by atoms with Gasteiger partial charge in [0.05, 0.1) is 5.60 Å². The SMILES string of the molecule is O[C@@]1(c2ccccc2)C[C@@H]2C[C@@H]1c1ccccc12. The lowest BCUT2D eigenvalue weighted by atomic mass is 9.76. The molecule has 3 atom stereocenters. The summed E-state index contributed by atoms with van der Waals surface area (Å²) >= 11 is 0. The van der Waals surface area contributed by atoms with E-state index in [1.807, 2.05) is 18.2 Å². The average Bonchev–Trinajstić information content (AvgIpc) is 2.96. The third-order valence-electron chi connectivity index (χ3n) is 4.74. The molecule has 2 aliphatic rings. The molecule has 2 aromatic rings. The molecule has 1 fully saturated rings. The maximum Gasteiger partial charge on any atom is 0.0970 e. The summed E-state index contributed by atoms with van der Waals surface area (Å²) in [7, 11) is 0. The fraction of sp³-hybridized carbons (Fsp3) is 0.294. The zero-order valence-corrected chi connectivity index (χ0v) is 10.2. The highest BCUT2D eigenvalue weighted by atomic mass is 16.3. The molecule has 1 nitrogen and oxygen atoms in total. The molecular formula is C17H16O. The van der Waals surface area contributed by atoms with E-state index in [1.165, 1.54) is 11.1 Å². The number of hydrogen-bond donors (Lipinski definition) is 1. The van der Waals surface area contributed by atoms with Gasteiger partial charge in [0.2, 0.25) is 0 Å². The van der Waals surface area contributed by atoms with E-state index >= 15 is 0 Å². The van der Waals surface area contributed by atoms with E-state index in [9.17, 15) is 5.11 Å². The largest absolute Gasteiger partial charge is 0.385 e. The predicted octanol–water partition coefficient (Wildman–Crippen LogP) is 3.55. The zero-order chi connectivity index (χ0) is 12.2. The number of aliphatic hydroxyl groups is 1. The minimum absolute atomic E-state index is 0.279. The standard InChI is InChI=1S/C17H16O/c18-17(13-6-2-1-3-7-13)11-12-10-16(17)15-9-5-4-8-14(12)15/h1-9,12,16,18H,10-11H2/t12-,16+,17+/m0/s1. The average molecular weight is 236 g/mol. The molecule has 0 amide bonds. The first kappa shape index (κ1) is 10.3. The zero-order valence-electron chi connectivity index (χ0n) is 10.2. The highest BCUT2D eigenvalue weighted by molar-refractivity contribution is 5.47. The summed E-state index contributed by atoms with van der Waals surface area (Å²) in [4.78, 5) is 0. The van der Waals surface area contributed by atoms with Crippen LogP contribution in [0.25, 0.3) is 0 Å². The number of hydrogen-bond acceptors (Lipinski definition) is 1. The van der Waals surface area contributed by atoms with Crippen molar-refractivity contribution in [2.45, 2.75) is 30.3 Å². The van der Waals surface area contributed by atoms with E-state index in [0.29, 0.717) is 5.92 Å². The third kappa shape index (κ3) is 1.20. The Balaban J connectivity index is 1.85. The van der Waals surface area contributed by atoms with Crippen molar-refractivity contribution >= 4 is 0 Å². The van der Waals surface area contributed by atoms with Crippen LogP contribution >= 0.6 is 0 Å². The quantitative estimate of drug-likeness (QED) is 0.802. The molecule has 1 N–H and O–H groups in total. The van der Waals surface area contributed by atoms with Crippen molar-refractivity contribution in [2.24, 2.45) is 0 Å². The van der Waals surface area contributed by atoms with Gasteiger partial charge in [-0.15, -0.1) is 0 Å². The van der Waals surface area contributed by atoms with Crippen LogP contribution < -0.4 is 0 Å². The first-order chi connectivity index (χ1) is 8.79. The van der Waals surface area contributed by atoms with Crippen molar-refractivity contribution < 1.29 is 5.11 Å². The summed E-state index contributed by atoms with van der Waals surface area (Å²) in [5, 5.41) is 11.1. The molecule has 0 unspecified atom stereocenters. The Kier molecular flexibility index (Phi) is 1.98. The normalized spacial score (nSPS) is 32.5. The lowest BCUT2D eigenvalue weighted by molar-refractivity contribution is 0.0209. The number of fused-ring (bicyclic) bond motifs is 5. The van der Waals surface area contributed by atoms with Gasteiger partial charge in [-0.05, 0) is 35.4 Å². The van der Waals surface area contributed by atoms with Gasteiger partial charge in [0.25, 0.3) is 0 Å². The first-order valence-corrected chi connectivity index (χ1v) is 6.66. The molecule has 0 spiro atoms. The van der Waals surface area contributed by atoms with Crippen molar-refractivity contribution in [1.29, 1.82) is 0 Å². The van der Waals surface area contributed by atoms with Crippen LogP contribution in [0.15, 0.2) is 54.6 Å². The smallest absolute Gasteiger partial charge is 0.0970 e. The van der Waals surface area contributed by atoms with Crippen LogP contribution in [-0.2, 0) is 5.60 Å². The Morgan fingerprint density at radius 1 is 0.889 bits per heavy atom. The molecule has 1 saturated carbocycles. The Bertz CT molecular complexity index is 590. The van der Waals surface area contributed by atoms with Gasteiger partial charge in [-0.2, -0.15) is 0 Å². The van der Waals surface area contributed by atoms with Gasteiger partial charge in [0.1, 0.15) is 0 Å². The molecule has 0 radical (unpaired) electrons. The van der Waals surface area contributed by atoms with Gasteiger partial charge in [-0.1, -0.05) is 54.6 Å². The third-order valence-corrected chi connectivity index (χ3v) is 4.74. The fourth-order valence-corrected chi connectivity index (χ4v) is 3.95. The maximum absolute atomic E-state index is 11.1. The summed E-state index contributed by atoms with van der Waals surface area (Å²) in [6, 6.07) is 18.8. The number of benzene rings is 2. The van der Waals surface area contributed by atoms with E-state index in [4.69, 9.17) is 0 Å². The summed E-state index contributed by atoms with van der Waals surface area (Å²) in [5.41, 5.74) is 3.25. The molecule has 0 heterocycles. The number of rotatable bonds is 1. The van der Waals surface area contributed by atoms with Gasteiger partial charge < -0.3 is 5.11 Å². The molecule has 2 bridgehead atoms. The van der Waals surface area contributed by atoms with E-state index in [2.05, 4.69) is 36.4 Å². The molecule has 0 saturated heterocycles. The predicted molar refractivity (Wildman–Crippen MR) is 71.5 cm³/mol. The first-order valence-electron chi connectivity index (χ1n) is 6.66. The molecule has 4 rings (SSSR count). The topological polar surface area (TPSA) is 20.2 Å². The minimum Gasteiger partial charge on any atom is -0.385 e. The molecular weight excluding hydrogens is 220 g/mol. The van der Waals surface area contributed by atoms with Crippen molar-refractivity contribution in [3.8, 4) is 0 Å². The fourth-order valence-electron chi connectivity index (χ4n) is 3.95. The van der Waals surface area contributed by atoms with E-state index < -0.39 is 5.60 Å². The maximum atomic E-state index is 11.1. The van der Waals surface area contributed by atoms with Gasteiger partial charge in [0.15, 0.2) is 0 Å². The Labute approximate surface area is 107 Å². The Hall–Kier alpha value is -1.60. The van der Waals surface area contributed by atoms with E-state index in [0.717, 1.165) is 18.4 Å². The van der Waals surface area contributed by atoms with E-state index in [1.54, 1.807) is 0 Å². The van der Waals surface area contributed by atoms with Crippen LogP contribution in [0.4, 0.5) is 0 Å². The summed E-state index contributed by atoms with van der Waals surface area (Å²) in [5.74, 6) is 0.817. The molecule has 2 aromatic carbocycles. The second-order valence-corrected chi connectivity index (χ2v) is 5.61. The lowest BCUT2D eigenvalue weighted by Crippen LogP contribution is -2.31. The molecule has 1 heteroatoms. The van der Waals surface area contributed by atoms with Crippen LogP contribution in [0.1, 0.15) is 41.4 Å². The van der Waals surface area contributed by atoms with Crippen LogP contribution in [0.3, 0.4) is 0 Å². The van der Waals surface area contributed by atoms with Crippen LogP contribution in [0, 0.1) is 0 Å². The summed E-state index contributed by atoms with van der Waals surface area (Å²) < 4.78 is 0. The van der Waals surface area contributed by atoms with E-state index in [-0.39, 0.29) is 5.92 Å². The summed E-state index contributed by atoms with van der Waals surface area (Å²) in [6.45, 7) is 0. The molecule has 18 heavy (non-hydrogen) atoms. The lowest BCUT2D eigenvalue weighted by Gasteiger charge is -2.34. The Morgan fingerprint density at radius 2 is 1.56 bits per heavy atom. The van der Waals surface area contributed by atoms with Crippen LogP contribution in [0.2, 0.25) is 0 Å². The van der Waals surface area contributed by atoms with Crippen molar-refractivity contribution in [2.75, 3.05) is 0 Å². The second kappa shape index (κ2) is 3.46. The van der Waals surface area contributed by atoms with Gasteiger partial charge in [-0.3, -0.25) is 0 Å². The molecule has 0 aromatic heterocycles. The van der Waals surface area contributed by atoms with Crippen molar-refractivity contribution in [3.05, 3.63) is 71.3 Å². The summed E-state index contributed by atoms with van der Waals surface area (Å²) in [6.07, 6.45) is 1.98. The second-order valence-electron chi connectivity index (χ2n) is 5.61. The van der Waals surface area contributed by atoms with Gasteiger partial charge in [-0.25, -0.2) is 0 Å². The van der Waals surface area contributed by atoms with Gasteiger partial charge >= 0.3 is 0 Å². The molecule has 0 aliphatic heterocycles. The van der Waals surface area contributed by atoms with Crippen LogP contribution in [-0.4, -0.2) is 5.11 Å². The monoisotopic (exact) mass is 236 g/mol. The highest BCUT2D eigenvalue weighted by Crippen LogP contribution is 2.61. The minimum atomic E-state index is -0.652. The Morgan fingerprint density at radius 3 is 2.33 bits per heavy atom. The van der Waals surface area contributed by atoms with Gasteiger partial charge in [0, 0.05) is 5.92 Å². The highest BCUT2D eigenvalue weighted by Gasteiger charge is 2.53. The molecule has 2 aliphatic carbocycles.